The fraction of sp³-hybridized carbons (Fsp3) is 0.538. The van der Waals surface area contributed by atoms with Gasteiger partial charge in [0.15, 0.2) is 5.13 Å². The zero-order chi connectivity index (χ0) is 16.2. The third kappa shape index (κ3) is 4.82. The Morgan fingerprint density at radius 2 is 1.95 bits per heavy atom. The van der Waals surface area contributed by atoms with Crippen LogP contribution in [0.4, 0.5) is 9.93 Å². The quantitative estimate of drug-likeness (QED) is 0.772. The van der Waals surface area contributed by atoms with Gasteiger partial charge in [0.25, 0.3) is 0 Å². The number of hydrogen-bond donors (Lipinski definition) is 3. The number of thiazole rings is 1. The summed E-state index contributed by atoms with van der Waals surface area (Å²) in [5.41, 5.74) is -0.328. The van der Waals surface area contributed by atoms with Crippen LogP contribution in [0.25, 0.3) is 0 Å². The third-order valence-corrected chi connectivity index (χ3v) is 3.81. The topological polar surface area (TPSA) is 108 Å². The summed E-state index contributed by atoms with van der Waals surface area (Å²) in [6.45, 7) is 6.71. The van der Waals surface area contributed by atoms with Crippen molar-refractivity contribution in [3.63, 3.8) is 0 Å². The van der Waals surface area contributed by atoms with Crippen LogP contribution >= 0.6 is 11.3 Å². The third-order valence-electron chi connectivity index (χ3n) is 2.88. The van der Waals surface area contributed by atoms with Crippen molar-refractivity contribution in [1.82, 2.24) is 10.3 Å². The average molecular weight is 313 g/mol. The first-order valence-corrected chi connectivity index (χ1v) is 7.28. The number of urea groups is 1. The van der Waals surface area contributed by atoms with Gasteiger partial charge in [-0.25, -0.2) is 9.78 Å². The summed E-state index contributed by atoms with van der Waals surface area (Å²) in [6, 6.07) is -0.711. The molecule has 3 amide bonds. The van der Waals surface area contributed by atoms with Crippen molar-refractivity contribution < 1.29 is 19.5 Å². The van der Waals surface area contributed by atoms with Crippen molar-refractivity contribution in [3.05, 3.63) is 10.6 Å². The van der Waals surface area contributed by atoms with Gasteiger partial charge in [-0.2, -0.15) is 0 Å². The fourth-order valence-corrected chi connectivity index (χ4v) is 2.48. The number of rotatable bonds is 5. The number of nitrogens with one attached hydrogen (secondary N) is 2. The Morgan fingerprint density at radius 1 is 1.33 bits per heavy atom. The summed E-state index contributed by atoms with van der Waals surface area (Å²) in [7, 11) is 0. The van der Waals surface area contributed by atoms with E-state index in [9.17, 15) is 14.4 Å². The first kappa shape index (κ1) is 17.1. The highest BCUT2D eigenvalue weighted by Gasteiger charge is 2.30. The van der Waals surface area contributed by atoms with E-state index in [1.165, 1.54) is 25.2 Å². The lowest BCUT2D eigenvalue weighted by molar-refractivity contribution is -0.149. The van der Waals surface area contributed by atoms with Crippen LogP contribution in [0.15, 0.2) is 0 Å². The molecule has 1 rings (SSSR count). The second-order valence-corrected chi connectivity index (χ2v) is 6.45. The number of imide groups is 1. The first-order chi connectivity index (χ1) is 9.65. The molecule has 0 atom stereocenters. The number of hydrogen-bond acceptors (Lipinski definition) is 5. The maximum absolute atomic E-state index is 11.7. The van der Waals surface area contributed by atoms with E-state index in [4.69, 9.17) is 5.11 Å². The number of carboxylic acid groups (broad SMARTS) is 1. The van der Waals surface area contributed by atoms with Gasteiger partial charge in [0.2, 0.25) is 5.91 Å². The largest absolute Gasteiger partial charge is 0.481 e. The molecule has 0 fully saturated rings. The lowest BCUT2D eigenvalue weighted by atomic mass is 9.89. The minimum Gasteiger partial charge on any atom is -0.481 e. The molecule has 21 heavy (non-hydrogen) atoms. The molecular formula is C13H19N3O4S. The molecule has 0 bridgehead atoms. The van der Waals surface area contributed by atoms with Crippen molar-refractivity contribution in [2.45, 2.75) is 40.5 Å². The molecular weight excluding hydrogens is 294 g/mol. The van der Waals surface area contributed by atoms with E-state index in [1.807, 2.05) is 13.8 Å². The standard InChI is InChI=1S/C13H19N3O4S/c1-5-8-7(2)21-12(14-8)16-11(20)15-9(17)6-13(3,4)10(18)19/h5-6H2,1-4H3,(H,18,19)(H2,14,15,16,17,20). The molecule has 0 aromatic carbocycles. The summed E-state index contributed by atoms with van der Waals surface area (Å²) >= 11 is 1.32. The highest BCUT2D eigenvalue weighted by Crippen LogP contribution is 2.22. The van der Waals surface area contributed by atoms with Gasteiger partial charge in [0, 0.05) is 11.3 Å². The fourth-order valence-electron chi connectivity index (χ4n) is 1.59. The molecule has 1 heterocycles. The van der Waals surface area contributed by atoms with E-state index < -0.39 is 23.3 Å². The second kappa shape index (κ2) is 6.66. The van der Waals surface area contributed by atoms with E-state index >= 15 is 0 Å². The van der Waals surface area contributed by atoms with Crippen LogP contribution in [0.3, 0.4) is 0 Å². The van der Waals surface area contributed by atoms with Crippen molar-refractivity contribution in [2.75, 3.05) is 5.32 Å². The van der Waals surface area contributed by atoms with Gasteiger partial charge in [-0.05, 0) is 27.2 Å². The Kier molecular flexibility index (Phi) is 5.42. The summed E-state index contributed by atoms with van der Waals surface area (Å²) in [5.74, 6) is -1.75. The lowest BCUT2D eigenvalue weighted by Crippen LogP contribution is -2.38. The number of carbonyl (C=O) groups excluding carboxylic acids is 2. The summed E-state index contributed by atoms with van der Waals surface area (Å²) < 4.78 is 0. The molecule has 116 valence electrons. The molecule has 0 unspecified atom stereocenters. The number of carboxylic acids is 1. The molecule has 0 saturated heterocycles. The number of anilines is 1. The van der Waals surface area contributed by atoms with E-state index in [0.29, 0.717) is 5.13 Å². The van der Waals surface area contributed by atoms with Crippen LogP contribution in [0.5, 0.6) is 0 Å². The van der Waals surface area contributed by atoms with Gasteiger partial charge in [-0.3, -0.25) is 20.2 Å². The van der Waals surface area contributed by atoms with Gasteiger partial charge < -0.3 is 5.11 Å². The number of amides is 3. The number of aromatic nitrogens is 1. The Balaban J connectivity index is 2.57. The van der Waals surface area contributed by atoms with Crippen LogP contribution in [0, 0.1) is 12.3 Å². The minimum absolute atomic E-state index is 0.285. The molecule has 0 aliphatic carbocycles. The molecule has 0 aliphatic rings. The monoisotopic (exact) mass is 313 g/mol. The maximum Gasteiger partial charge on any atom is 0.327 e. The normalized spacial score (nSPS) is 11.0. The maximum atomic E-state index is 11.7. The zero-order valence-corrected chi connectivity index (χ0v) is 13.3. The number of nitrogens with zero attached hydrogens (tertiary/aromatic N) is 1. The molecule has 7 nitrogen and oxygen atoms in total. The van der Waals surface area contributed by atoms with E-state index in [2.05, 4.69) is 15.6 Å². The zero-order valence-electron chi connectivity index (χ0n) is 12.4. The van der Waals surface area contributed by atoms with Crippen molar-refractivity contribution in [2.24, 2.45) is 5.41 Å². The van der Waals surface area contributed by atoms with Crippen molar-refractivity contribution in [3.8, 4) is 0 Å². The van der Waals surface area contributed by atoms with Crippen LogP contribution < -0.4 is 10.6 Å². The minimum atomic E-state index is -1.22. The Hall–Kier alpha value is -1.96. The summed E-state index contributed by atoms with van der Waals surface area (Å²) in [6.07, 6.45) is 0.476. The Bertz CT molecular complexity index is 566. The Labute approximate surface area is 126 Å². The van der Waals surface area contributed by atoms with Crippen molar-refractivity contribution in [1.29, 1.82) is 0 Å². The molecule has 0 saturated carbocycles. The molecule has 3 N–H and O–H groups in total. The highest BCUT2D eigenvalue weighted by molar-refractivity contribution is 7.15. The first-order valence-electron chi connectivity index (χ1n) is 6.46. The molecule has 0 spiro atoms. The van der Waals surface area contributed by atoms with Gasteiger partial charge in [0.05, 0.1) is 11.1 Å². The van der Waals surface area contributed by atoms with Crippen LogP contribution in [0.1, 0.15) is 37.8 Å². The lowest BCUT2D eigenvalue weighted by Gasteiger charge is -2.17. The Morgan fingerprint density at radius 3 is 2.43 bits per heavy atom. The van der Waals surface area contributed by atoms with Crippen LogP contribution in [-0.4, -0.2) is 28.0 Å². The number of aryl methyl sites for hydroxylation is 2. The predicted molar refractivity (Wildman–Crippen MR) is 79.4 cm³/mol. The molecule has 1 aromatic rings. The second-order valence-electron chi connectivity index (χ2n) is 5.24. The van der Waals surface area contributed by atoms with E-state index in [1.54, 1.807) is 0 Å². The SMILES string of the molecule is CCc1nc(NC(=O)NC(=O)CC(C)(C)C(=O)O)sc1C. The number of carbonyl (C=O) groups is 3. The molecule has 0 radical (unpaired) electrons. The highest BCUT2D eigenvalue weighted by atomic mass is 32.1. The molecule has 1 aromatic heterocycles. The summed E-state index contributed by atoms with van der Waals surface area (Å²) in [4.78, 5) is 39.4. The number of aliphatic carboxylic acids is 1. The molecule has 0 aliphatic heterocycles. The smallest absolute Gasteiger partial charge is 0.327 e. The summed E-state index contributed by atoms with van der Waals surface area (Å²) in [5, 5.41) is 13.9. The van der Waals surface area contributed by atoms with Gasteiger partial charge in [0.1, 0.15) is 0 Å². The average Bonchev–Trinajstić information content (AvgIpc) is 2.67. The van der Waals surface area contributed by atoms with E-state index in [0.717, 1.165) is 17.0 Å². The van der Waals surface area contributed by atoms with Crippen molar-refractivity contribution >= 4 is 34.4 Å². The van der Waals surface area contributed by atoms with Crippen LogP contribution in [0.2, 0.25) is 0 Å². The van der Waals surface area contributed by atoms with E-state index in [-0.39, 0.29) is 6.42 Å². The van der Waals surface area contributed by atoms with Gasteiger partial charge >= 0.3 is 12.0 Å². The van der Waals surface area contributed by atoms with Gasteiger partial charge in [-0.15, -0.1) is 11.3 Å². The predicted octanol–water partition coefficient (Wildman–Crippen LogP) is 2.16. The molecule has 8 heteroatoms. The van der Waals surface area contributed by atoms with Gasteiger partial charge in [-0.1, -0.05) is 6.92 Å². The van der Waals surface area contributed by atoms with Crippen LogP contribution in [-0.2, 0) is 16.0 Å².